The highest BCUT2D eigenvalue weighted by atomic mass is 35.5. The predicted octanol–water partition coefficient (Wildman–Crippen LogP) is 12.3. The first-order chi connectivity index (χ1) is 22.2. The maximum Gasteiger partial charge on any atom is 0.160 e. The van der Waals surface area contributed by atoms with Crippen LogP contribution in [-0.4, -0.2) is 11.5 Å². The molecule has 6 aromatic carbocycles. The SMILES string of the molecule is Clc1ccc(C2=NC(c3ccc4sc5ccccc5c4c3)=N/C(c3ccc4ccccc4c3)=C\CC2)c2c1sc1ccccc12. The summed E-state index contributed by atoms with van der Waals surface area (Å²) < 4.78 is 4.90. The summed E-state index contributed by atoms with van der Waals surface area (Å²) in [5.41, 5.74) is 5.23. The summed E-state index contributed by atoms with van der Waals surface area (Å²) >= 11 is 10.4. The minimum atomic E-state index is 0.726. The highest BCUT2D eigenvalue weighted by molar-refractivity contribution is 7.26. The summed E-state index contributed by atoms with van der Waals surface area (Å²) in [5.74, 6) is 0.726. The Hall–Kier alpha value is -4.61. The molecule has 9 rings (SSSR count). The first-order valence-electron chi connectivity index (χ1n) is 15.1. The van der Waals surface area contributed by atoms with Crippen molar-refractivity contribution in [3.05, 3.63) is 149 Å². The van der Waals surface area contributed by atoms with Crippen LogP contribution in [0, 0.1) is 0 Å². The topological polar surface area (TPSA) is 24.7 Å². The van der Waals surface area contributed by atoms with E-state index >= 15 is 0 Å². The molecule has 0 spiro atoms. The smallest absolute Gasteiger partial charge is 0.160 e. The number of hydrogen-bond donors (Lipinski definition) is 0. The molecule has 2 nitrogen and oxygen atoms in total. The van der Waals surface area contributed by atoms with Gasteiger partial charge < -0.3 is 0 Å². The van der Waals surface area contributed by atoms with E-state index in [9.17, 15) is 0 Å². The molecule has 8 aromatic rings. The molecule has 0 unspecified atom stereocenters. The maximum atomic E-state index is 6.78. The molecule has 0 saturated carbocycles. The monoisotopic (exact) mass is 632 g/mol. The Labute approximate surface area is 273 Å². The van der Waals surface area contributed by atoms with Gasteiger partial charge in [-0.15, -0.1) is 22.7 Å². The molecular weight excluding hydrogens is 608 g/mol. The lowest BCUT2D eigenvalue weighted by Crippen LogP contribution is -2.09. The van der Waals surface area contributed by atoms with E-state index in [1.807, 2.05) is 17.4 Å². The third kappa shape index (κ3) is 4.60. The number of hydrogen-bond acceptors (Lipinski definition) is 4. The van der Waals surface area contributed by atoms with E-state index in [-0.39, 0.29) is 0 Å². The van der Waals surface area contributed by atoms with Crippen molar-refractivity contribution in [1.82, 2.24) is 0 Å². The molecule has 3 heterocycles. The Morgan fingerprint density at radius 3 is 2.20 bits per heavy atom. The molecule has 0 amide bonds. The van der Waals surface area contributed by atoms with E-state index in [1.165, 1.54) is 46.4 Å². The van der Waals surface area contributed by atoms with Gasteiger partial charge in [-0.1, -0.05) is 96.5 Å². The zero-order valence-electron chi connectivity index (χ0n) is 24.1. The Morgan fingerprint density at radius 1 is 0.578 bits per heavy atom. The van der Waals surface area contributed by atoms with Crippen molar-refractivity contribution in [2.75, 3.05) is 0 Å². The van der Waals surface area contributed by atoms with Crippen molar-refractivity contribution in [2.45, 2.75) is 12.8 Å². The highest BCUT2D eigenvalue weighted by Gasteiger charge is 2.19. The van der Waals surface area contributed by atoms with Crippen LogP contribution in [0.15, 0.2) is 137 Å². The third-order valence-electron chi connectivity index (χ3n) is 8.66. The fraction of sp³-hybridized carbons (Fsp3) is 0.0500. The number of amidine groups is 1. The van der Waals surface area contributed by atoms with Gasteiger partial charge in [0.1, 0.15) is 0 Å². The van der Waals surface area contributed by atoms with Gasteiger partial charge in [0, 0.05) is 52.3 Å². The minimum Gasteiger partial charge on any atom is -0.232 e. The Balaban J connectivity index is 1.27. The third-order valence-corrected chi connectivity index (χ3v) is 11.4. The molecule has 0 N–H and O–H groups in total. The number of nitrogens with zero attached hydrogens (tertiary/aromatic N) is 2. The fourth-order valence-corrected chi connectivity index (χ4v) is 8.97. The number of aliphatic imine (C=N–C) groups is 2. The zero-order valence-corrected chi connectivity index (χ0v) is 26.5. The number of allylic oxidation sites excluding steroid dienone is 1. The van der Waals surface area contributed by atoms with Crippen LogP contribution >= 0.6 is 34.3 Å². The van der Waals surface area contributed by atoms with Gasteiger partial charge >= 0.3 is 0 Å². The fourth-order valence-electron chi connectivity index (χ4n) is 6.47. The van der Waals surface area contributed by atoms with Gasteiger partial charge in [-0.3, -0.25) is 0 Å². The summed E-state index contributed by atoms with van der Waals surface area (Å²) in [6.07, 6.45) is 3.90. The molecule has 0 fully saturated rings. The lowest BCUT2D eigenvalue weighted by Gasteiger charge is -2.15. The van der Waals surface area contributed by atoms with Gasteiger partial charge in [-0.05, 0) is 66.1 Å². The molecule has 45 heavy (non-hydrogen) atoms. The second kappa shape index (κ2) is 10.8. The Morgan fingerprint density at radius 2 is 1.31 bits per heavy atom. The molecule has 1 aliphatic rings. The average Bonchev–Trinajstić information content (AvgIpc) is 3.64. The van der Waals surface area contributed by atoms with Crippen molar-refractivity contribution in [3.8, 4) is 0 Å². The van der Waals surface area contributed by atoms with Crippen molar-refractivity contribution >= 4 is 103 Å². The molecule has 0 atom stereocenters. The Bertz CT molecular complexity index is 2570. The standard InChI is InChI=1S/C40H25ClN2S2/c41-32-20-19-29(38-30-11-4-6-15-36(30)45-39(32)38)34-13-7-12-33(26-17-16-24-8-1-2-9-25(24)22-26)42-40(43-34)27-18-21-37-31(23-27)28-10-3-5-14-35(28)44-37/h1-6,8-12,14-23H,7,13H2/b33-12-,42-40?,43-34?. The van der Waals surface area contributed by atoms with Crippen LogP contribution in [0.1, 0.15) is 29.5 Å². The molecule has 0 radical (unpaired) electrons. The summed E-state index contributed by atoms with van der Waals surface area (Å²) in [5, 5.41) is 8.12. The van der Waals surface area contributed by atoms with E-state index in [2.05, 4.69) is 121 Å². The molecule has 0 saturated heterocycles. The molecular formula is C40H25ClN2S2. The zero-order chi connectivity index (χ0) is 29.9. The molecule has 214 valence electrons. The lowest BCUT2D eigenvalue weighted by molar-refractivity contribution is 1.09. The van der Waals surface area contributed by atoms with Gasteiger partial charge in [0.25, 0.3) is 0 Å². The van der Waals surface area contributed by atoms with Crippen molar-refractivity contribution in [2.24, 2.45) is 9.98 Å². The molecule has 2 aromatic heterocycles. The summed E-state index contributed by atoms with van der Waals surface area (Å²) in [4.78, 5) is 10.8. The van der Waals surface area contributed by atoms with Crippen LogP contribution in [0.5, 0.6) is 0 Å². The van der Waals surface area contributed by atoms with E-state index in [4.69, 9.17) is 21.6 Å². The van der Waals surface area contributed by atoms with Crippen LogP contribution in [0.2, 0.25) is 5.02 Å². The van der Waals surface area contributed by atoms with Crippen LogP contribution in [0.4, 0.5) is 0 Å². The number of halogens is 1. The van der Waals surface area contributed by atoms with Gasteiger partial charge in [-0.25, -0.2) is 9.98 Å². The minimum absolute atomic E-state index is 0.726. The van der Waals surface area contributed by atoms with Crippen molar-refractivity contribution < 1.29 is 0 Å². The van der Waals surface area contributed by atoms with Gasteiger partial charge in [0.2, 0.25) is 0 Å². The second-order valence-corrected chi connectivity index (χ2v) is 13.9. The lowest BCUT2D eigenvalue weighted by atomic mass is 9.97. The van der Waals surface area contributed by atoms with Gasteiger partial charge in [0.05, 0.1) is 21.1 Å². The highest BCUT2D eigenvalue weighted by Crippen LogP contribution is 2.41. The van der Waals surface area contributed by atoms with Crippen molar-refractivity contribution in [1.29, 1.82) is 0 Å². The Kier molecular flexibility index (Phi) is 6.41. The summed E-state index contributed by atoms with van der Waals surface area (Å²) in [6.45, 7) is 0. The second-order valence-electron chi connectivity index (χ2n) is 11.4. The van der Waals surface area contributed by atoms with Crippen LogP contribution < -0.4 is 0 Å². The van der Waals surface area contributed by atoms with E-state index in [1.54, 1.807) is 11.3 Å². The number of benzene rings is 6. The first kappa shape index (κ1) is 26.8. The number of thiophene rings is 2. The van der Waals surface area contributed by atoms with Gasteiger partial charge in [-0.2, -0.15) is 0 Å². The maximum absolute atomic E-state index is 6.78. The molecule has 5 heteroatoms. The quantitative estimate of drug-likeness (QED) is 0.185. The van der Waals surface area contributed by atoms with Crippen molar-refractivity contribution in [3.63, 3.8) is 0 Å². The average molecular weight is 633 g/mol. The summed E-state index contributed by atoms with van der Waals surface area (Å²) in [6, 6.07) is 43.1. The van der Waals surface area contributed by atoms with Crippen LogP contribution in [0.25, 0.3) is 56.8 Å². The van der Waals surface area contributed by atoms with Gasteiger partial charge in [0.15, 0.2) is 5.84 Å². The first-order valence-corrected chi connectivity index (χ1v) is 17.1. The van der Waals surface area contributed by atoms with Crippen LogP contribution in [-0.2, 0) is 0 Å². The normalized spacial score (nSPS) is 15.3. The molecule has 0 aliphatic carbocycles. The van der Waals surface area contributed by atoms with E-state index < -0.39 is 0 Å². The molecule has 1 aliphatic heterocycles. The number of rotatable bonds is 3. The predicted molar refractivity (Wildman–Crippen MR) is 198 cm³/mol. The van der Waals surface area contributed by atoms with E-state index in [0.717, 1.165) is 56.5 Å². The molecule has 0 bridgehead atoms. The number of fused-ring (bicyclic) bond motifs is 7. The van der Waals surface area contributed by atoms with E-state index in [0.29, 0.717) is 0 Å². The summed E-state index contributed by atoms with van der Waals surface area (Å²) in [7, 11) is 0. The largest absolute Gasteiger partial charge is 0.232 e. The van der Waals surface area contributed by atoms with Crippen LogP contribution in [0.3, 0.4) is 0 Å².